The minimum atomic E-state index is -0.0706. The molecule has 4 nitrogen and oxygen atoms in total. The van der Waals surface area contributed by atoms with Gasteiger partial charge < -0.3 is 9.88 Å². The zero-order valence-corrected chi connectivity index (χ0v) is 8.11. The van der Waals surface area contributed by atoms with Gasteiger partial charge in [0.25, 0.3) is 0 Å². The summed E-state index contributed by atoms with van der Waals surface area (Å²) in [5, 5.41) is 2.77. The van der Waals surface area contributed by atoms with E-state index in [1.807, 2.05) is 29.8 Å². The van der Waals surface area contributed by atoms with E-state index in [-0.39, 0.29) is 5.91 Å². The molecule has 0 saturated carbocycles. The van der Waals surface area contributed by atoms with Crippen LogP contribution in [0.5, 0.6) is 0 Å². The average molecular weight is 189 g/mol. The molecule has 0 atom stereocenters. The molecule has 0 aliphatic rings. The van der Waals surface area contributed by atoms with Gasteiger partial charge >= 0.3 is 0 Å². The fraction of sp³-hybridized carbons (Fsp3) is 0.200. The summed E-state index contributed by atoms with van der Waals surface area (Å²) >= 11 is 0. The van der Waals surface area contributed by atoms with Crippen LogP contribution >= 0.6 is 0 Å². The third-order valence-electron chi connectivity index (χ3n) is 2.05. The monoisotopic (exact) mass is 189 g/mol. The van der Waals surface area contributed by atoms with Crippen LogP contribution in [0.25, 0.3) is 11.0 Å². The van der Waals surface area contributed by atoms with Crippen molar-refractivity contribution in [3.63, 3.8) is 0 Å². The number of nitrogens with one attached hydrogen (secondary N) is 1. The van der Waals surface area contributed by atoms with Crippen LogP contribution in [0.2, 0.25) is 0 Å². The Bertz CT molecular complexity index is 487. The number of rotatable bonds is 1. The Balaban J connectivity index is 2.63. The highest BCUT2D eigenvalue weighted by Gasteiger charge is 2.05. The van der Waals surface area contributed by atoms with Gasteiger partial charge in [-0.05, 0) is 12.1 Å². The Hall–Kier alpha value is -1.84. The van der Waals surface area contributed by atoms with Crippen LogP contribution in [0.15, 0.2) is 24.5 Å². The minimum absolute atomic E-state index is 0.0706. The molecule has 0 fully saturated rings. The number of amides is 1. The number of carbonyl (C=O) groups is 1. The number of fused-ring (bicyclic) bond motifs is 1. The molecule has 72 valence electrons. The second-order valence-electron chi connectivity index (χ2n) is 3.21. The molecule has 0 spiro atoms. The summed E-state index contributed by atoms with van der Waals surface area (Å²) in [5.74, 6) is -0.0706. The van der Waals surface area contributed by atoms with Gasteiger partial charge in [0, 0.05) is 14.0 Å². The largest absolute Gasteiger partial charge is 0.332 e. The Morgan fingerprint density at radius 3 is 3.00 bits per heavy atom. The molecule has 1 aromatic carbocycles. The molecular formula is C10H11N3O. The topological polar surface area (TPSA) is 46.9 Å². The molecule has 0 saturated heterocycles. The number of hydrogen-bond acceptors (Lipinski definition) is 2. The zero-order chi connectivity index (χ0) is 10.1. The fourth-order valence-electron chi connectivity index (χ4n) is 1.50. The third kappa shape index (κ3) is 1.35. The SMILES string of the molecule is CC(=O)Nc1cccc2ncn(C)c12. The zero-order valence-electron chi connectivity index (χ0n) is 8.11. The molecule has 2 rings (SSSR count). The van der Waals surface area contributed by atoms with E-state index >= 15 is 0 Å². The van der Waals surface area contributed by atoms with E-state index < -0.39 is 0 Å². The number of para-hydroxylation sites is 1. The van der Waals surface area contributed by atoms with Gasteiger partial charge in [0.15, 0.2) is 0 Å². The molecule has 1 amide bonds. The van der Waals surface area contributed by atoms with Gasteiger partial charge in [0.2, 0.25) is 5.91 Å². The van der Waals surface area contributed by atoms with Crippen LogP contribution in [0.4, 0.5) is 5.69 Å². The highest BCUT2D eigenvalue weighted by molar-refractivity contribution is 5.98. The first-order valence-corrected chi connectivity index (χ1v) is 4.36. The summed E-state index contributed by atoms with van der Waals surface area (Å²) in [6.07, 6.45) is 1.73. The minimum Gasteiger partial charge on any atom is -0.332 e. The van der Waals surface area contributed by atoms with Gasteiger partial charge in [-0.15, -0.1) is 0 Å². The second-order valence-corrected chi connectivity index (χ2v) is 3.21. The van der Waals surface area contributed by atoms with Crippen molar-refractivity contribution in [2.75, 3.05) is 5.32 Å². The maximum Gasteiger partial charge on any atom is 0.221 e. The summed E-state index contributed by atoms with van der Waals surface area (Å²) in [6, 6.07) is 5.66. The van der Waals surface area contributed by atoms with Gasteiger partial charge in [-0.25, -0.2) is 4.98 Å². The molecule has 2 aromatic rings. The average Bonchev–Trinajstić information content (AvgIpc) is 2.48. The van der Waals surface area contributed by atoms with Crippen molar-refractivity contribution in [1.82, 2.24) is 9.55 Å². The number of aromatic nitrogens is 2. The molecule has 0 aliphatic heterocycles. The fourth-order valence-corrected chi connectivity index (χ4v) is 1.50. The van der Waals surface area contributed by atoms with E-state index in [2.05, 4.69) is 10.3 Å². The standard InChI is InChI=1S/C10H11N3O/c1-7(14)12-9-5-3-4-8-10(9)13(2)6-11-8/h3-6H,1-2H3,(H,12,14). The van der Waals surface area contributed by atoms with Crippen LogP contribution in [0.1, 0.15) is 6.92 Å². The number of imidazole rings is 1. The van der Waals surface area contributed by atoms with Gasteiger partial charge in [-0.1, -0.05) is 6.07 Å². The van der Waals surface area contributed by atoms with Crippen LogP contribution in [-0.4, -0.2) is 15.5 Å². The predicted molar refractivity (Wildman–Crippen MR) is 55.0 cm³/mol. The van der Waals surface area contributed by atoms with Crippen LogP contribution < -0.4 is 5.32 Å². The van der Waals surface area contributed by atoms with Crippen molar-refractivity contribution in [3.05, 3.63) is 24.5 Å². The summed E-state index contributed by atoms with van der Waals surface area (Å²) in [7, 11) is 1.90. The van der Waals surface area contributed by atoms with E-state index in [1.54, 1.807) is 6.33 Å². The van der Waals surface area contributed by atoms with Crippen molar-refractivity contribution >= 4 is 22.6 Å². The molecule has 1 aromatic heterocycles. The van der Waals surface area contributed by atoms with Gasteiger partial charge in [0.05, 0.1) is 23.0 Å². The molecule has 4 heteroatoms. The maximum atomic E-state index is 10.9. The normalized spacial score (nSPS) is 10.4. The van der Waals surface area contributed by atoms with Crippen LogP contribution in [-0.2, 0) is 11.8 Å². The predicted octanol–water partition coefficient (Wildman–Crippen LogP) is 1.53. The number of hydrogen-bond donors (Lipinski definition) is 1. The first kappa shape index (κ1) is 8.74. The first-order chi connectivity index (χ1) is 6.68. The number of aryl methyl sites for hydroxylation is 1. The van der Waals surface area contributed by atoms with E-state index in [4.69, 9.17) is 0 Å². The Morgan fingerprint density at radius 1 is 1.50 bits per heavy atom. The lowest BCUT2D eigenvalue weighted by Crippen LogP contribution is -2.06. The molecule has 14 heavy (non-hydrogen) atoms. The Kier molecular flexibility index (Phi) is 1.96. The van der Waals surface area contributed by atoms with Crippen LogP contribution in [0, 0.1) is 0 Å². The van der Waals surface area contributed by atoms with Crippen molar-refractivity contribution in [1.29, 1.82) is 0 Å². The van der Waals surface area contributed by atoms with Crippen LogP contribution in [0.3, 0.4) is 0 Å². The van der Waals surface area contributed by atoms with Gasteiger partial charge in [-0.2, -0.15) is 0 Å². The van der Waals surface area contributed by atoms with Crippen molar-refractivity contribution in [2.45, 2.75) is 6.92 Å². The smallest absolute Gasteiger partial charge is 0.221 e. The van der Waals surface area contributed by atoms with Gasteiger partial charge in [-0.3, -0.25) is 4.79 Å². The van der Waals surface area contributed by atoms with Crippen molar-refractivity contribution in [3.8, 4) is 0 Å². The van der Waals surface area contributed by atoms with E-state index in [0.717, 1.165) is 16.7 Å². The molecular weight excluding hydrogens is 178 g/mol. The van der Waals surface area contributed by atoms with Crippen molar-refractivity contribution < 1.29 is 4.79 Å². The molecule has 0 bridgehead atoms. The summed E-state index contributed by atoms with van der Waals surface area (Å²) in [6.45, 7) is 1.50. The lowest BCUT2D eigenvalue weighted by atomic mass is 10.2. The number of anilines is 1. The molecule has 1 heterocycles. The first-order valence-electron chi connectivity index (χ1n) is 4.36. The molecule has 0 aliphatic carbocycles. The second kappa shape index (κ2) is 3.14. The Labute approximate surface area is 81.6 Å². The molecule has 0 unspecified atom stereocenters. The van der Waals surface area contributed by atoms with E-state index in [0.29, 0.717) is 0 Å². The maximum absolute atomic E-state index is 10.9. The quantitative estimate of drug-likeness (QED) is 0.739. The number of nitrogens with zero attached hydrogens (tertiary/aromatic N) is 2. The Morgan fingerprint density at radius 2 is 2.29 bits per heavy atom. The summed E-state index contributed by atoms with van der Waals surface area (Å²) < 4.78 is 1.89. The highest BCUT2D eigenvalue weighted by Crippen LogP contribution is 2.21. The number of benzene rings is 1. The third-order valence-corrected chi connectivity index (χ3v) is 2.05. The van der Waals surface area contributed by atoms with E-state index in [9.17, 15) is 4.79 Å². The lowest BCUT2D eigenvalue weighted by molar-refractivity contribution is -0.114. The summed E-state index contributed by atoms with van der Waals surface area (Å²) in [5.41, 5.74) is 2.64. The summed E-state index contributed by atoms with van der Waals surface area (Å²) in [4.78, 5) is 15.1. The molecule has 0 radical (unpaired) electrons. The lowest BCUT2D eigenvalue weighted by Gasteiger charge is -2.04. The van der Waals surface area contributed by atoms with Crippen molar-refractivity contribution in [2.24, 2.45) is 7.05 Å². The molecule has 1 N–H and O–H groups in total. The van der Waals surface area contributed by atoms with E-state index in [1.165, 1.54) is 6.92 Å². The van der Waals surface area contributed by atoms with Gasteiger partial charge in [0.1, 0.15) is 0 Å². The highest BCUT2D eigenvalue weighted by atomic mass is 16.1. The number of carbonyl (C=O) groups excluding carboxylic acids is 1.